The Morgan fingerprint density at radius 3 is 2.44 bits per heavy atom. The second kappa shape index (κ2) is 13.8. The zero-order valence-electron chi connectivity index (χ0n) is 19.5. The highest BCUT2D eigenvalue weighted by molar-refractivity contribution is 14.0. The van der Waals surface area contributed by atoms with Crippen molar-refractivity contribution in [1.82, 2.24) is 34.8 Å². The van der Waals surface area contributed by atoms with Crippen molar-refractivity contribution in [3.05, 3.63) is 11.6 Å². The van der Waals surface area contributed by atoms with Crippen LogP contribution < -0.4 is 5.32 Å². The lowest BCUT2D eigenvalue weighted by molar-refractivity contribution is 0.0375. The molecule has 0 radical (unpaired) electrons. The molecule has 0 atom stereocenters. The molecule has 2 aliphatic rings. The van der Waals surface area contributed by atoms with Gasteiger partial charge in [-0.15, -0.1) is 34.2 Å². The largest absolute Gasteiger partial charge is 0.450 e. The van der Waals surface area contributed by atoms with Crippen LogP contribution in [0.25, 0.3) is 0 Å². The Kier molecular flexibility index (Phi) is 11.4. The molecule has 0 bridgehead atoms. The number of aliphatic imine (C=N–C) groups is 1. The van der Waals surface area contributed by atoms with Gasteiger partial charge in [-0.2, -0.15) is 0 Å². The Labute approximate surface area is 207 Å². The first-order valence-corrected chi connectivity index (χ1v) is 11.2. The van der Waals surface area contributed by atoms with E-state index in [-0.39, 0.29) is 30.1 Å². The summed E-state index contributed by atoms with van der Waals surface area (Å²) < 4.78 is 12.5. The number of carbonyl (C=O) groups excluding carboxylic acids is 1. The van der Waals surface area contributed by atoms with Crippen LogP contribution in [0.2, 0.25) is 0 Å². The maximum atomic E-state index is 12.0. The van der Waals surface area contributed by atoms with Crippen LogP contribution in [0.15, 0.2) is 4.99 Å². The van der Waals surface area contributed by atoms with E-state index < -0.39 is 0 Å². The van der Waals surface area contributed by atoms with Crippen LogP contribution in [0.4, 0.5) is 4.79 Å². The fourth-order valence-corrected chi connectivity index (χ4v) is 3.65. The van der Waals surface area contributed by atoms with Crippen LogP contribution in [0.5, 0.6) is 0 Å². The maximum absolute atomic E-state index is 12.0. The SMILES string of the molecule is CCOC(=O)N1CCN(C(=NCc2nnc(C)n2C)NCCCN2CCOCC2)CC1.I. The Bertz CT molecular complexity index is 730. The minimum atomic E-state index is -0.242. The summed E-state index contributed by atoms with van der Waals surface area (Å²) in [5, 5.41) is 11.9. The number of amides is 1. The van der Waals surface area contributed by atoms with Crippen LogP contribution in [-0.2, 0) is 23.1 Å². The van der Waals surface area contributed by atoms with Gasteiger partial charge < -0.3 is 29.2 Å². The molecule has 3 heterocycles. The van der Waals surface area contributed by atoms with Crippen LogP contribution in [-0.4, -0.2) is 114 Å². The van der Waals surface area contributed by atoms with Crippen LogP contribution in [0, 0.1) is 6.92 Å². The molecular weight excluding hydrogens is 527 g/mol. The van der Waals surface area contributed by atoms with Gasteiger partial charge in [0.05, 0.1) is 19.8 Å². The molecule has 3 rings (SSSR count). The van der Waals surface area contributed by atoms with E-state index >= 15 is 0 Å². The number of ether oxygens (including phenoxy) is 2. The van der Waals surface area contributed by atoms with E-state index in [1.54, 1.807) is 4.90 Å². The molecule has 2 aliphatic heterocycles. The summed E-state index contributed by atoms with van der Waals surface area (Å²) in [6.45, 7) is 12.8. The first-order valence-electron chi connectivity index (χ1n) is 11.2. The topological polar surface area (TPSA) is 100 Å². The van der Waals surface area contributed by atoms with E-state index in [4.69, 9.17) is 14.5 Å². The van der Waals surface area contributed by atoms with Crippen molar-refractivity contribution >= 4 is 36.0 Å². The third kappa shape index (κ3) is 7.73. The zero-order chi connectivity index (χ0) is 22.1. The number of carbonyl (C=O) groups is 1. The van der Waals surface area contributed by atoms with Gasteiger partial charge in [-0.05, 0) is 26.8 Å². The van der Waals surface area contributed by atoms with Gasteiger partial charge in [0, 0.05) is 52.9 Å². The number of rotatable bonds is 7. The molecule has 0 spiro atoms. The number of hydrogen-bond acceptors (Lipinski definition) is 7. The quantitative estimate of drug-likeness (QED) is 0.224. The van der Waals surface area contributed by atoms with Gasteiger partial charge in [0.1, 0.15) is 12.4 Å². The van der Waals surface area contributed by atoms with E-state index in [0.717, 1.165) is 63.4 Å². The van der Waals surface area contributed by atoms with E-state index in [9.17, 15) is 4.79 Å². The summed E-state index contributed by atoms with van der Waals surface area (Å²) >= 11 is 0. The highest BCUT2D eigenvalue weighted by Crippen LogP contribution is 2.07. The molecule has 1 N–H and O–H groups in total. The van der Waals surface area contributed by atoms with Gasteiger partial charge >= 0.3 is 6.09 Å². The highest BCUT2D eigenvalue weighted by Gasteiger charge is 2.24. The van der Waals surface area contributed by atoms with Crippen molar-refractivity contribution in [2.45, 2.75) is 26.8 Å². The zero-order valence-corrected chi connectivity index (χ0v) is 21.8. The fourth-order valence-electron chi connectivity index (χ4n) is 3.65. The molecular formula is C20H37IN8O3. The molecule has 12 heteroatoms. The van der Waals surface area contributed by atoms with Gasteiger partial charge in [0.2, 0.25) is 0 Å². The van der Waals surface area contributed by atoms with Crippen molar-refractivity contribution in [3.63, 3.8) is 0 Å². The maximum Gasteiger partial charge on any atom is 0.409 e. The lowest BCUT2D eigenvalue weighted by atomic mass is 10.3. The van der Waals surface area contributed by atoms with Gasteiger partial charge in [0.25, 0.3) is 0 Å². The lowest BCUT2D eigenvalue weighted by Gasteiger charge is -2.36. The molecule has 1 amide bonds. The minimum Gasteiger partial charge on any atom is -0.450 e. The van der Waals surface area contributed by atoms with E-state index in [1.807, 2.05) is 25.5 Å². The van der Waals surface area contributed by atoms with Crippen LogP contribution in [0.3, 0.4) is 0 Å². The van der Waals surface area contributed by atoms with Crippen molar-refractivity contribution in [2.75, 3.05) is 72.2 Å². The number of halogens is 1. The third-order valence-corrected chi connectivity index (χ3v) is 5.70. The summed E-state index contributed by atoms with van der Waals surface area (Å²) in [5.41, 5.74) is 0. The number of nitrogens with zero attached hydrogens (tertiary/aromatic N) is 7. The third-order valence-electron chi connectivity index (χ3n) is 5.70. The molecule has 32 heavy (non-hydrogen) atoms. The van der Waals surface area contributed by atoms with Crippen molar-refractivity contribution < 1.29 is 14.3 Å². The average Bonchev–Trinajstić information content (AvgIpc) is 3.12. The lowest BCUT2D eigenvalue weighted by Crippen LogP contribution is -2.54. The molecule has 0 aromatic carbocycles. The predicted octanol–water partition coefficient (Wildman–Crippen LogP) is 0.684. The summed E-state index contributed by atoms with van der Waals surface area (Å²) in [5.74, 6) is 2.55. The molecule has 0 saturated carbocycles. The van der Waals surface area contributed by atoms with Crippen LogP contribution >= 0.6 is 24.0 Å². The Morgan fingerprint density at radius 2 is 1.81 bits per heavy atom. The fraction of sp³-hybridized carbons (Fsp3) is 0.800. The second-order valence-corrected chi connectivity index (χ2v) is 7.77. The summed E-state index contributed by atoms with van der Waals surface area (Å²) in [6, 6.07) is 0. The summed E-state index contributed by atoms with van der Waals surface area (Å²) in [6.07, 6.45) is 0.791. The second-order valence-electron chi connectivity index (χ2n) is 7.77. The first-order chi connectivity index (χ1) is 15.1. The number of guanidine groups is 1. The molecule has 0 aliphatic carbocycles. The molecule has 0 unspecified atom stereocenters. The van der Waals surface area contributed by atoms with Crippen molar-refractivity contribution in [3.8, 4) is 0 Å². The standard InChI is InChI=1S/C20H36N8O3.HI/c1-4-31-20(29)28-10-8-27(9-11-28)19(22-16-18-24-23-17(2)25(18)3)21-6-5-7-26-12-14-30-15-13-26;/h4-16H2,1-3H3,(H,21,22);1H. The van der Waals surface area contributed by atoms with Crippen LogP contribution in [0.1, 0.15) is 25.0 Å². The van der Waals surface area contributed by atoms with Gasteiger partial charge in [-0.1, -0.05) is 0 Å². The van der Waals surface area contributed by atoms with Gasteiger partial charge in [-0.3, -0.25) is 4.90 Å². The molecule has 1 aromatic rings. The minimum absolute atomic E-state index is 0. The summed E-state index contributed by atoms with van der Waals surface area (Å²) in [4.78, 5) is 23.2. The Morgan fingerprint density at radius 1 is 1.12 bits per heavy atom. The monoisotopic (exact) mass is 564 g/mol. The van der Waals surface area contributed by atoms with E-state index in [0.29, 0.717) is 39.3 Å². The molecule has 2 saturated heterocycles. The van der Waals surface area contributed by atoms with Crippen molar-refractivity contribution in [2.24, 2.45) is 12.0 Å². The number of nitrogens with one attached hydrogen (secondary N) is 1. The van der Waals surface area contributed by atoms with Gasteiger partial charge in [0.15, 0.2) is 11.8 Å². The molecule has 182 valence electrons. The number of morpholine rings is 1. The Balaban J connectivity index is 0.00000363. The molecule has 2 fully saturated rings. The summed E-state index contributed by atoms with van der Waals surface area (Å²) in [7, 11) is 1.95. The van der Waals surface area contributed by atoms with Gasteiger partial charge in [-0.25, -0.2) is 9.79 Å². The normalized spacial score (nSPS) is 17.8. The number of hydrogen-bond donors (Lipinski definition) is 1. The number of aryl methyl sites for hydroxylation is 1. The Hall–Kier alpha value is -1.67. The highest BCUT2D eigenvalue weighted by atomic mass is 127. The van der Waals surface area contributed by atoms with E-state index in [2.05, 4.69) is 25.3 Å². The molecule has 1 aromatic heterocycles. The first kappa shape index (κ1) is 26.6. The van der Waals surface area contributed by atoms with E-state index in [1.165, 1.54) is 0 Å². The smallest absolute Gasteiger partial charge is 0.409 e. The number of piperazine rings is 1. The predicted molar refractivity (Wildman–Crippen MR) is 132 cm³/mol. The average molecular weight is 564 g/mol. The van der Waals surface area contributed by atoms with Crippen molar-refractivity contribution in [1.29, 1.82) is 0 Å². The number of aromatic nitrogens is 3. The molecule has 11 nitrogen and oxygen atoms in total.